The van der Waals surface area contributed by atoms with Crippen LogP contribution in [-0.2, 0) is 25.7 Å². The largest absolute Gasteiger partial charge is 0.455 e. The molecule has 0 saturated carbocycles. The monoisotopic (exact) mass is 525 g/mol. The number of rotatable bonds is 4. The van der Waals surface area contributed by atoms with E-state index in [1.807, 2.05) is 20.8 Å². The van der Waals surface area contributed by atoms with Gasteiger partial charge in [-0.25, -0.2) is 9.37 Å². The Labute approximate surface area is 217 Å². The van der Waals surface area contributed by atoms with Crippen molar-refractivity contribution >= 4 is 17.8 Å². The summed E-state index contributed by atoms with van der Waals surface area (Å²) in [5.41, 5.74) is -1.73. The van der Waals surface area contributed by atoms with Crippen molar-refractivity contribution < 1.29 is 43.2 Å². The molecule has 0 amide bonds. The molecule has 2 fully saturated rings. The molecule has 1 aromatic rings. The van der Waals surface area contributed by atoms with Gasteiger partial charge in [0.2, 0.25) is 5.89 Å². The Bertz CT molecular complexity index is 991. The van der Waals surface area contributed by atoms with Gasteiger partial charge in [-0.2, -0.15) is 0 Å². The molecule has 9 nitrogen and oxygen atoms in total. The number of hydrogen-bond donors (Lipinski definition) is 3. The van der Waals surface area contributed by atoms with E-state index < -0.39 is 60.1 Å². The van der Waals surface area contributed by atoms with E-state index in [0.29, 0.717) is 19.3 Å². The van der Waals surface area contributed by atoms with Crippen LogP contribution >= 0.6 is 0 Å². The van der Waals surface area contributed by atoms with E-state index in [1.54, 1.807) is 13.8 Å². The number of ketones is 1. The Hall–Kier alpha value is -2.14. The number of esters is 1. The van der Waals surface area contributed by atoms with Crippen LogP contribution in [0.2, 0.25) is 0 Å². The van der Waals surface area contributed by atoms with Crippen LogP contribution in [0.3, 0.4) is 0 Å². The van der Waals surface area contributed by atoms with Crippen molar-refractivity contribution in [2.45, 2.75) is 110 Å². The Morgan fingerprint density at radius 3 is 2.59 bits per heavy atom. The molecule has 3 rings (SSSR count). The maximum atomic E-state index is 15.3. The molecule has 0 bridgehead atoms. The number of fused-ring (bicyclic) bond motifs is 1. The van der Waals surface area contributed by atoms with E-state index in [-0.39, 0.29) is 35.8 Å². The van der Waals surface area contributed by atoms with Crippen molar-refractivity contribution in [1.82, 2.24) is 4.98 Å². The maximum absolute atomic E-state index is 15.3. The van der Waals surface area contributed by atoms with E-state index >= 15 is 4.39 Å². The van der Waals surface area contributed by atoms with Crippen LogP contribution in [0.5, 0.6) is 0 Å². The average molecular weight is 526 g/mol. The van der Waals surface area contributed by atoms with Crippen molar-refractivity contribution in [2.24, 2.45) is 17.3 Å². The minimum absolute atomic E-state index is 0.0203. The summed E-state index contributed by atoms with van der Waals surface area (Å²) in [5.74, 6) is -2.80. The lowest BCUT2D eigenvalue weighted by Gasteiger charge is -2.35. The molecular formula is C27H40FNO8. The molecule has 3 heterocycles. The summed E-state index contributed by atoms with van der Waals surface area (Å²) in [5, 5.41) is 31.0. The molecule has 3 N–H and O–H groups in total. The van der Waals surface area contributed by atoms with Gasteiger partial charge in [-0.15, -0.1) is 0 Å². The number of hydrogen-bond acceptors (Lipinski definition) is 9. The van der Waals surface area contributed by atoms with E-state index in [2.05, 4.69) is 4.98 Å². The van der Waals surface area contributed by atoms with E-state index in [9.17, 15) is 19.8 Å². The number of Topliss-reactive ketones (excluding diaryl/α,β-unsaturated/α-hetero) is 1. The van der Waals surface area contributed by atoms with Gasteiger partial charge in [0, 0.05) is 18.4 Å². The fourth-order valence-corrected chi connectivity index (χ4v) is 5.10. The predicted molar refractivity (Wildman–Crippen MR) is 132 cm³/mol. The first-order valence-corrected chi connectivity index (χ1v) is 13.0. The lowest BCUT2D eigenvalue weighted by molar-refractivity contribution is -0.155. The average Bonchev–Trinajstić information content (AvgIpc) is 3.24. The Kier molecular flexibility index (Phi) is 9.32. The normalized spacial score (nSPS) is 36.1. The van der Waals surface area contributed by atoms with Crippen LogP contribution in [0.25, 0.3) is 6.08 Å². The molecule has 3 unspecified atom stereocenters. The molecule has 208 valence electrons. The van der Waals surface area contributed by atoms with Gasteiger partial charge in [0.05, 0.1) is 35.7 Å². The van der Waals surface area contributed by atoms with E-state index in [4.69, 9.17) is 19.0 Å². The number of halogens is 1. The Balaban J connectivity index is 1.87. The summed E-state index contributed by atoms with van der Waals surface area (Å²) < 4.78 is 31.7. The van der Waals surface area contributed by atoms with Crippen LogP contribution in [0, 0.1) is 17.3 Å². The third-order valence-corrected chi connectivity index (χ3v) is 7.97. The second-order valence-corrected chi connectivity index (χ2v) is 11.2. The zero-order chi connectivity index (χ0) is 27.5. The maximum Gasteiger partial charge on any atom is 0.309 e. The van der Waals surface area contributed by atoms with Gasteiger partial charge >= 0.3 is 5.97 Å². The zero-order valence-electron chi connectivity index (χ0n) is 22.3. The van der Waals surface area contributed by atoms with Crippen LogP contribution < -0.4 is 0 Å². The predicted octanol–water partition coefficient (Wildman–Crippen LogP) is 3.49. The number of carbonyl (C=O) groups is 2. The molecule has 37 heavy (non-hydrogen) atoms. The minimum atomic E-state index is -1.39. The molecule has 10 heteroatoms. The van der Waals surface area contributed by atoms with Crippen LogP contribution in [0.15, 0.2) is 16.5 Å². The summed E-state index contributed by atoms with van der Waals surface area (Å²) in [6.07, 6.45) is 0.328. The van der Waals surface area contributed by atoms with E-state index in [0.717, 1.165) is 12.5 Å². The molecule has 0 radical (unpaired) electrons. The van der Waals surface area contributed by atoms with Gasteiger partial charge < -0.3 is 29.2 Å². The fourth-order valence-electron chi connectivity index (χ4n) is 5.10. The topological polar surface area (TPSA) is 143 Å². The van der Waals surface area contributed by atoms with Crippen LogP contribution in [0.1, 0.15) is 84.7 Å². The molecule has 0 aromatic carbocycles. The summed E-state index contributed by atoms with van der Waals surface area (Å²) in [6, 6.07) is 0. The van der Waals surface area contributed by atoms with Gasteiger partial charge in [0.25, 0.3) is 0 Å². The number of aliphatic hydroxyl groups excluding tert-OH is 3. The smallest absolute Gasteiger partial charge is 0.309 e. The molecule has 2 saturated heterocycles. The number of aliphatic hydroxyl groups is 3. The molecule has 1 aromatic heterocycles. The number of cyclic esters (lactones) is 1. The zero-order valence-corrected chi connectivity index (χ0v) is 22.3. The number of aromatic nitrogens is 1. The molecule has 0 spiro atoms. The van der Waals surface area contributed by atoms with E-state index in [1.165, 1.54) is 6.26 Å². The molecule has 0 aliphatic carbocycles. The quantitative estimate of drug-likeness (QED) is 0.398. The van der Waals surface area contributed by atoms with Crippen molar-refractivity contribution in [2.75, 3.05) is 0 Å². The fraction of sp³-hybridized carbons (Fsp3) is 0.741. The molecule has 2 aliphatic rings. The molecule has 7 atom stereocenters. The molecular weight excluding hydrogens is 485 g/mol. The van der Waals surface area contributed by atoms with Gasteiger partial charge in [0.1, 0.15) is 30.2 Å². The van der Waals surface area contributed by atoms with Crippen molar-refractivity contribution in [1.29, 1.82) is 0 Å². The highest BCUT2D eigenvalue weighted by molar-refractivity contribution is 5.88. The van der Waals surface area contributed by atoms with Gasteiger partial charge in [0.15, 0.2) is 6.10 Å². The number of epoxide rings is 1. The number of oxazole rings is 1. The highest BCUT2D eigenvalue weighted by Gasteiger charge is 2.53. The second-order valence-electron chi connectivity index (χ2n) is 11.2. The Morgan fingerprint density at radius 2 is 1.97 bits per heavy atom. The lowest BCUT2D eigenvalue weighted by atomic mass is 9.71. The van der Waals surface area contributed by atoms with Gasteiger partial charge in [-0.05, 0) is 32.1 Å². The number of ether oxygens (including phenoxy) is 2. The molecule has 2 aliphatic heterocycles. The van der Waals surface area contributed by atoms with Gasteiger partial charge in [-0.1, -0.05) is 34.1 Å². The minimum Gasteiger partial charge on any atom is -0.455 e. The van der Waals surface area contributed by atoms with Crippen LogP contribution in [-0.4, -0.2) is 62.1 Å². The summed E-state index contributed by atoms with van der Waals surface area (Å²) in [6.45, 7) is 8.28. The highest BCUT2D eigenvalue weighted by atomic mass is 19.1. The summed E-state index contributed by atoms with van der Waals surface area (Å²) in [7, 11) is 0. The van der Waals surface area contributed by atoms with Crippen molar-refractivity contribution in [3.05, 3.63) is 23.7 Å². The lowest BCUT2D eigenvalue weighted by Crippen LogP contribution is -2.46. The highest BCUT2D eigenvalue weighted by Crippen LogP contribution is 2.45. The Morgan fingerprint density at radius 1 is 1.27 bits per heavy atom. The third-order valence-electron chi connectivity index (χ3n) is 7.97. The van der Waals surface area contributed by atoms with Crippen molar-refractivity contribution in [3.63, 3.8) is 0 Å². The first-order valence-electron chi connectivity index (χ1n) is 13.0. The standard InChI is InChI=1S/C27H40FNO8/c1-6-17-24(33)15(2)8-7-9-27(5)21(37-27)11-19(18(28)10-16-14-35-22(13-30)29-16)36-23(32)12-20(31)26(3,4)25(17)34/h10,14-15,17,19-21,24,30-31,33H,6-9,11-13H2,1-5H3/t15-,17?,19-,20?,21-,24?,27+/m0/s1. The SMILES string of the molecule is CCC1C(=O)C(C)(C)C(O)CC(=O)O[C@H](C(F)=Cc2coc(CO)n2)C[C@@H]2O[C@]2(C)CCC[C@H](C)C1O. The van der Waals surface area contributed by atoms with Gasteiger partial charge in [-0.3, -0.25) is 9.59 Å². The summed E-state index contributed by atoms with van der Waals surface area (Å²) >= 11 is 0. The third kappa shape index (κ3) is 6.85. The first kappa shape index (κ1) is 29.4. The van der Waals surface area contributed by atoms with Crippen molar-refractivity contribution in [3.8, 4) is 0 Å². The second kappa shape index (κ2) is 11.7. The van der Waals surface area contributed by atoms with Crippen LogP contribution in [0.4, 0.5) is 4.39 Å². The number of nitrogens with zero attached hydrogens (tertiary/aromatic N) is 1. The first-order chi connectivity index (χ1) is 17.3. The summed E-state index contributed by atoms with van der Waals surface area (Å²) in [4.78, 5) is 30.1. The number of carbonyl (C=O) groups excluding carboxylic acids is 2.